The molecule has 0 spiro atoms. The SMILES string of the molecule is CCCNC(=O)C(C)N(Cc1c(Cl)cccc1Cl)C(=O)CN(c1ccc([N+](=O)[O-])cc1)S(=O)(=O)c1ccccc1. The Morgan fingerprint density at radius 1 is 0.975 bits per heavy atom. The van der Waals surface area contributed by atoms with Gasteiger partial charge in [0.25, 0.3) is 15.7 Å². The van der Waals surface area contributed by atoms with Crippen LogP contribution in [-0.4, -0.2) is 49.2 Å². The Morgan fingerprint density at radius 3 is 2.12 bits per heavy atom. The Morgan fingerprint density at radius 2 is 1.57 bits per heavy atom. The van der Waals surface area contributed by atoms with Crippen LogP contribution in [0.4, 0.5) is 11.4 Å². The average Bonchev–Trinajstić information content (AvgIpc) is 2.94. The molecule has 1 N–H and O–H groups in total. The van der Waals surface area contributed by atoms with Gasteiger partial charge in [0.15, 0.2) is 0 Å². The number of hydrogen-bond acceptors (Lipinski definition) is 6. The lowest BCUT2D eigenvalue weighted by atomic mass is 10.1. The number of carbonyl (C=O) groups is 2. The highest BCUT2D eigenvalue weighted by atomic mass is 35.5. The Balaban J connectivity index is 2.06. The predicted octanol–water partition coefficient (Wildman–Crippen LogP) is 5.04. The van der Waals surface area contributed by atoms with Crippen LogP contribution in [0.1, 0.15) is 25.8 Å². The summed E-state index contributed by atoms with van der Waals surface area (Å²) >= 11 is 12.7. The number of nitrogens with one attached hydrogen (secondary N) is 1. The summed E-state index contributed by atoms with van der Waals surface area (Å²) in [7, 11) is -4.30. The van der Waals surface area contributed by atoms with Crippen molar-refractivity contribution in [1.82, 2.24) is 10.2 Å². The van der Waals surface area contributed by atoms with Crippen molar-refractivity contribution < 1.29 is 22.9 Å². The molecule has 40 heavy (non-hydrogen) atoms. The maximum Gasteiger partial charge on any atom is 0.269 e. The van der Waals surface area contributed by atoms with E-state index in [0.717, 1.165) is 16.4 Å². The van der Waals surface area contributed by atoms with Crippen LogP contribution < -0.4 is 9.62 Å². The topological polar surface area (TPSA) is 130 Å². The second-order valence-corrected chi connectivity index (χ2v) is 11.5. The van der Waals surface area contributed by atoms with Crippen LogP contribution >= 0.6 is 23.2 Å². The van der Waals surface area contributed by atoms with Gasteiger partial charge in [0, 0.05) is 40.8 Å². The summed E-state index contributed by atoms with van der Waals surface area (Å²) in [5.41, 5.74) is 0.173. The smallest absolute Gasteiger partial charge is 0.269 e. The number of anilines is 1. The third kappa shape index (κ3) is 7.29. The quantitative estimate of drug-likeness (QED) is 0.227. The zero-order valence-corrected chi connectivity index (χ0v) is 24.1. The number of carbonyl (C=O) groups excluding carboxylic acids is 2. The molecule has 13 heteroatoms. The fourth-order valence-electron chi connectivity index (χ4n) is 3.82. The molecule has 0 saturated carbocycles. The van der Waals surface area contributed by atoms with Gasteiger partial charge in [0.2, 0.25) is 11.8 Å². The Kier molecular flexibility index (Phi) is 10.5. The van der Waals surface area contributed by atoms with Crippen LogP contribution in [0.5, 0.6) is 0 Å². The molecular formula is C27H28Cl2N4O6S. The monoisotopic (exact) mass is 606 g/mol. The summed E-state index contributed by atoms with van der Waals surface area (Å²) in [4.78, 5) is 38.5. The van der Waals surface area contributed by atoms with Crippen LogP contribution in [0.3, 0.4) is 0 Å². The van der Waals surface area contributed by atoms with Crippen LogP contribution in [0, 0.1) is 10.1 Å². The van der Waals surface area contributed by atoms with Crippen molar-refractivity contribution >= 4 is 56.4 Å². The number of nitro benzene ring substituents is 1. The lowest BCUT2D eigenvalue weighted by Crippen LogP contribution is -2.51. The van der Waals surface area contributed by atoms with Crippen molar-refractivity contribution in [1.29, 1.82) is 0 Å². The van der Waals surface area contributed by atoms with Crippen molar-refractivity contribution in [2.24, 2.45) is 0 Å². The van der Waals surface area contributed by atoms with E-state index < -0.39 is 39.3 Å². The highest BCUT2D eigenvalue weighted by Gasteiger charge is 2.33. The van der Waals surface area contributed by atoms with Crippen molar-refractivity contribution in [2.75, 3.05) is 17.4 Å². The molecule has 0 fully saturated rings. The van der Waals surface area contributed by atoms with E-state index in [9.17, 15) is 28.1 Å². The van der Waals surface area contributed by atoms with E-state index >= 15 is 0 Å². The maximum atomic E-state index is 13.9. The highest BCUT2D eigenvalue weighted by Crippen LogP contribution is 2.29. The molecule has 3 rings (SSSR count). The summed E-state index contributed by atoms with van der Waals surface area (Å²) in [6, 6.07) is 16.1. The fourth-order valence-corrected chi connectivity index (χ4v) is 5.77. The molecule has 0 aliphatic carbocycles. The van der Waals surface area contributed by atoms with Gasteiger partial charge in [-0.25, -0.2) is 8.42 Å². The molecule has 0 heterocycles. The van der Waals surface area contributed by atoms with E-state index in [1.165, 1.54) is 48.2 Å². The van der Waals surface area contributed by atoms with E-state index in [2.05, 4.69) is 5.32 Å². The molecule has 212 valence electrons. The van der Waals surface area contributed by atoms with Gasteiger partial charge in [0.1, 0.15) is 12.6 Å². The third-order valence-electron chi connectivity index (χ3n) is 6.07. The van der Waals surface area contributed by atoms with Gasteiger partial charge in [0.05, 0.1) is 15.5 Å². The van der Waals surface area contributed by atoms with Crippen molar-refractivity contribution in [3.05, 3.63) is 98.5 Å². The normalized spacial score (nSPS) is 11.9. The van der Waals surface area contributed by atoms with E-state index in [1.54, 1.807) is 24.3 Å². The number of sulfonamides is 1. The van der Waals surface area contributed by atoms with E-state index in [1.807, 2.05) is 6.92 Å². The second kappa shape index (κ2) is 13.6. The number of non-ortho nitro benzene ring substituents is 1. The summed E-state index contributed by atoms with van der Waals surface area (Å²) in [6.45, 7) is 2.92. The molecule has 0 aliphatic rings. The molecule has 0 bridgehead atoms. The van der Waals surface area contributed by atoms with Crippen LogP contribution in [-0.2, 0) is 26.2 Å². The molecule has 0 radical (unpaired) electrons. The van der Waals surface area contributed by atoms with Gasteiger partial charge in [-0.1, -0.05) is 54.4 Å². The minimum absolute atomic E-state index is 0.0293. The van der Waals surface area contributed by atoms with E-state index in [4.69, 9.17) is 23.2 Å². The molecule has 0 saturated heterocycles. The lowest BCUT2D eigenvalue weighted by Gasteiger charge is -2.32. The van der Waals surface area contributed by atoms with E-state index in [-0.39, 0.29) is 32.9 Å². The predicted molar refractivity (Wildman–Crippen MR) is 154 cm³/mol. The highest BCUT2D eigenvalue weighted by molar-refractivity contribution is 7.92. The molecule has 0 aromatic heterocycles. The minimum atomic E-state index is -4.30. The van der Waals surface area contributed by atoms with Crippen molar-refractivity contribution in [2.45, 2.75) is 37.8 Å². The van der Waals surface area contributed by atoms with Gasteiger partial charge in [-0.05, 0) is 49.7 Å². The van der Waals surface area contributed by atoms with Gasteiger partial charge >= 0.3 is 0 Å². The number of halogens is 2. The number of rotatable bonds is 12. The first-order chi connectivity index (χ1) is 19.0. The van der Waals surface area contributed by atoms with Gasteiger partial charge in [-0.15, -0.1) is 0 Å². The summed E-state index contributed by atoms with van der Waals surface area (Å²) in [5.74, 6) is -1.15. The Bertz CT molecular complexity index is 1450. The first kappa shape index (κ1) is 30.9. The average molecular weight is 608 g/mol. The minimum Gasteiger partial charge on any atom is -0.354 e. The number of benzene rings is 3. The van der Waals surface area contributed by atoms with Gasteiger partial charge < -0.3 is 10.2 Å². The van der Waals surface area contributed by atoms with Gasteiger partial charge in [-0.3, -0.25) is 24.0 Å². The molecule has 10 nitrogen and oxygen atoms in total. The number of hydrogen-bond donors (Lipinski definition) is 1. The van der Waals surface area contributed by atoms with Crippen LogP contribution in [0.25, 0.3) is 0 Å². The maximum absolute atomic E-state index is 13.9. The Hall–Kier alpha value is -3.67. The van der Waals surface area contributed by atoms with Gasteiger partial charge in [-0.2, -0.15) is 0 Å². The van der Waals surface area contributed by atoms with Crippen LogP contribution in [0.2, 0.25) is 10.0 Å². The number of nitro groups is 1. The largest absolute Gasteiger partial charge is 0.354 e. The first-order valence-electron chi connectivity index (χ1n) is 12.3. The van der Waals surface area contributed by atoms with Crippen LogP contribution in [0.15, 0.2) is 77.7 Å². The molecule has 2 amide bonds. The Labute approximate surface area is 242 Å². The van der Waals surface area contributed by atoms with E-state index in [0.29, 0.717) is 18.5 Å². The van der Waals surface area contributed by atoms with Crippen molar-refractivity contribution in [3.8, 4) is 0 Å². The molecular weight excluding hydrogens is 579 g/mol. The lowest BCUT2D eigenvalue weighted by molar-refractivity contribution is -0.384. The molecule has 3 aromatic rings. The number of amides is 2. The molecule has 3 aromatic carbocycles. The third-order valence-corrected chi connectivity index (χ3v) is 8.56. The summed E-state index contributed by atoms with van der Waals surface area (Å²) in [5, 5.41) is 14.5. The fraction of sp³-hybridized carbons (Fsp3) is 0.259. The number of nitrogens with zero attached hydrogens (tertiary/aromatic N) is 3. The summed E-state index contributed by atoms with van der Waals surface area (Å²) < 4.78 is 28.3. The summed E-state index contributed by atoms with van der Waals surface area (Å²) in [6.07, 6.45) is 0.673. The molecule has 1 unspecified atom stereocenters. The molecule has 0 aliphatic heterocycles. The molecule has 1 atom stereocenters. The second-order valence-electron chi connectivity index (χ2n) is 8.79. The zero-order valence-electron chi connectivity index (χ0n) is 21.8. The van der Waals surface area contributed by atoms with Crippen molar-refractivity contribution in [3.63, 3.8) is 0 Å². The first-order valence-corrected chi connectivity index (χ1v) is 14.5. The zero-order chi connectivity index (χ0) is 29.4. The standard InChI is InChI=1S/C27H28Cl2N4O6S/c1-3-16-30-27(35)19(2)31(17-23-24(28)10-7-11-25(23)29)26(34)18-32(20-12-14-21(15-13-20)33(36)37)40(38,39)22-8-5-4-6-9-22/h4-15,19H,3,16-18H2,1-2H3,(H,30,35).